The smallest absolute Gasteiger partial charge is 0.193 e. The molecule has 5 nitrogen and oxygen atoms in total. The lowest BCUT2D eigenvalue weighted by Crippen LogP contribution is -2.41. The first kappa shape index (κ1) is 19.2. The summed E-state index contributed by atoms with van der Waals surface area (Å²) in [6.45, 7) is 11.3. The minimum atomic E-state index is 0.126. The molecular formula is C17H35N3O2. The van der Waals surface area contributed by atoms with Gasteiger partial charge >= 0.3 is 0 Å². The molecule has 1 unspecified atom stereocenters. The third-order valence-electron chi connectivity index (χ3n) is 5.03. The first-order valence-electron chi connectivity index (χ1n) is 8.77. The highest BCUT2D eigenvalue weighted by atomic mass is 16.5. The number of aliphatic hydroxyl groups is 1. The number of nitrogens with zero attached hydrogens (tertiary/aromatic N) is 2. The Morgan fingerprint density at radius 1 is 1.36 bits per heavy atom. The summed E-state index contributed by atoms with van der Waals surface area (Å²) < 4.78 is 5.28. The van der Waals surface area contributed by atoms with E-state index in [1.54, 1.807) is 7.11 Å². The normalized spacial score (nSPS) is 19.8. The van der Waals surface area contributed by atoms with Gasteiger partial charge in [0.05, 0.1) is 6.61 Å². The Bertz CT molecular complexity index is 330. The predicted molar refractivity (Wildman–Crippen MR) is 92.3 cm³/mol. The highest BCUT2D eigenvalue weighted by molar-refractivity contribution is 5.80. The van der Waals surface area contributed by atoms with Gasteiger partial charge in [-0.2, -0.15) is 0 Å². The zero-order valence-corrected chi connectivity index (χ0v) is 14.9. The van der Waals surface area contributed by atoms with Gasteiger partial charge in [0.1, 0.15) is 0 Å². The van der Waals surface area contributed by atoms with E-state index in [0.717, 1.165) is 58.0 Å². The van der Waals surface area contributed by atoms with Crippen molar-refractivity contribution in [1.82, 2.24) is 10.2 Å². The van der Waals surface area contributed by atoms with E-state index in [-0.39, 0.29) is 12.0 Å². The van der Waals surface area contributed by atoms with Crippen molar-refractivity contribution in [2.45, 2.75) is 46.5 Å². The van der Waals surface area contributed by atoms with E-state index in [1.165, 1.54) is 6.42 Å². The Morgan fingerprint density at radius 2 is 2.09 bits per heavy atom. The van der Waals surface area contributed by atoms with Crippen LogP contribution in [0, 0.1) is 11.3 Å². The fourth-order valence-corrected chi connectivity index (χ4v) is 3.21. The highest BCUT2D eigenvalue weighted by Crippen LogP contribution is 2.31. The number of aliphatic imine (C=N–C) groups is 1. The number of likely N-dealkylation sites (tertiary alicyclic amines) is 1. The molecule has 0 bridgehead atoms. The minimum absolute atomic E-state index is 0.126. The maximum absolute atomic E-state index is 9.35. The molecule has 1 atom stereocenters. The van der Waals surface area contributed by atoms with Crippen LogP contribution < -0.4 is 5.32 Å². The first-order chi connectivity index (χ1) is 10.6. The monoisotopic (exact) mass is 313 g/mol. The molecule has 0 amide bonds. The van der Waals surface area contributed by atoms with Gasteiger partial charge in [0.25, 0.3) is 0 Å². The molecule has 0 aliphatic carbocycles. The summed E-state index contributed by atoms with van der Waals surface area (Å²) >= 11 is 0. The topological polar surface area (TPSA) is 57.1 Å². The van der Waals surface area contributed by atoms with Gasteiger partial charge in [-0.25, -0.2) is 0 Å². The number of guanidine groups is 1. The lowest BCUT2D eigenvalue weighted by Gasteiger charge is -2.30. The molecule has 0 spiro atoms. The van der Waals surface area contributed by atoms with E-state index in [4.69, 9.17) is 9.73 Å². The zero-order valence-electron chi connectivity index (χ0n) is 14.9. The molecule has 5 heteroatoms. The van der Waals surface area contributed by atoms with Crippen LogP contribution in [-0.4, -0.2) is 62.5 Å². The van der Waals surface area contributed by atoms with Crippen LogP contribution in [0.2, 0.25) is 0 Å². The molecule has 0 radical (unpaired) electrons. The lowest BCUT2D eigenvalue weighted by atomic mass is 9.79. The summed E-state index contributed by atoms with van der Waals surface area (Å²) in [6, 6.07) is 0. The van der Waals surface area contributed by atoms with Crippen molar-refractivity contribution in [2.75, 3.05) is 46.5 Å². The Morgan fingerprint density at radius 3 is 2.64 bits per heavy atom. The maximum atomic E-state index is 9.35. The second-order valence-corrected chi connectivity index (χ2v) is 6.41. The van der Waals surface area contributed by atoms with Crippen LogP contribution in [0.1, 0.15) is 46.5 Å². The molecule has 1 aliphatic rings. The molecular weight excluding hydrogens is 278 g/mol. The average Bonchev–Trinajstić information content (AvgIpc) is 2.99. The van der Waals surface area contributed by atoms with Crippen LogP contribution in [0.3, 0.4) is 0 Å². The van der Waals surface area contributed by atoms with Crippen molar-refractivity contribution in [3.8, 4) is 0 Å². The molecule has 0 saturated carbocycles. The van der Waals surface area contributed by atoms with Crippen molar-refractivity contribution in [1.29, 1.82) is 0 Å². The van der Waals surface area contributed by atoms with Crippen molar-refractivity contribution in [3.05, 3.63) is 0 Å². The molecule has 1 saturated heterocycles. The van der Waals surface area contributed by atoms with E-state index in [1.807, 2.05) is 0 Å². The molecule has 0 aromatic carbocycles. The van der Waals surface area contributed by atoms with Crippen LogP contribution in [0.5, 0.6) is 0 Å². The number of aliphatic hydroxyl groups excluding tert-OH is 1. The molecule has 22 heavy (non-hydrogen) atoms. The Kier molecular flexibility index (Phi) is 8.79. The quantitative estimate of drug-likeness (QED) is 0.506. The van der Waals surface area contributed by atoms with Crippen LogP contribution >= 0.6 is 0 Å². The standard InChI is InChI=1S/C17H35N3O2/c1-5-17(6-2,9-11-21)14-19-16(18-7-3)20-10-8-15(12-20)13-22-4/h15,21H,5-14H2,1-4H3,(H,18,19). The fourth-order valence-electron chi connectivity index (χ4n) is 3.21. The third-order valence-corrected chi connectivity index (χ3v) is 5.03. The van der Waals surface area contributed by atoms with Crippen LogP contribution in [-0.2, 0) is 4.74 Å². The van der Waals surface area contributed by atoms with E-state index < -0.39 is 0 Å². The minimum Gasteiger partial charge on any atom is -0.396 e. The van der Waals surface area contributed by atoms with Gasteiger partial charge in [-0.05, 0) is 38.0 Å². The fraction of sp³-hybridized carbons (Fsp3) is 0.941. The summed E-state index contributed by atoms with van der Waals surface area (Å²) in [5.74, 6) is 1.62. The Hall–Kier alpha value is -0.810. The van der Waals surface area contributed by atoms with Gasteiger partial charge in [0.15, 0.2) is 5.96 Å². The predicted octanol–water partition coefficient (Wildman–Crippen LogP) is 2.11. The Labute approximate surface area is 136 Å². The van der Waals surface area contributed by atoms with Crippen LogP contribution in [0.25, 0.3) is 0 Å². The summed E-state index contributed by atoms with van der Waals surface area (Å²) in [6.07, 6.45) is 4.11. The number of ether oxygens (including phenoxy) is 1. The SMILES string of the molecule is CCNC(=NCC(CC)(CC)CCO)N1CCC(COC)C1. The molecule has 130 valence electrons. The second kappa shape index (κ2) is 10.1. The number of nitrogens with one attached hydrogen (secondary N) is 1. The van der Waals surface area contributed by atoms with Crippen molar-refractivity contribution in [3.63, 3.8) is 0 Å². The molecule has 0 aromatic rings. The zero-order chi connectivity index (χ0) is 16.4. The molecule has 0 aromatic heterocycles. The number of rotatable bonds is 9. The van der Waals surface area contributed by atoms with Crippen molar-refractivity contribution >= 4 is 5.96 Å². The summed E-state index contributed by atoms with van der Waals surface area (Å²) in [5, 5.41) is 12.8. The highest BCUT2D eigenvalue weighted by Gasteiger charge is 2.28. The summed E-state index contributed by atoms with van der Waals surface area (Å²) in [7, 11) is 1.77. The molecule has 2 N–H and O–H groups in total. The van der Waals surface area contributed by atoms with Gasteiger partial charge in [0, 0.05) is 45.8 Å². The maximum Gasteiger partial charge on any atom is 0.193 e. The third kappa shape index (κ3) is 5.43. The molecule has 1 aliphatic heterocycles. The van der Waals surface area contributed by atoms with Crippen LogP contribution in [0.15, 0.2) is 4.99 Å². The molecule has 1 fully saturated rings. The Balaban J connectivity index is 2.72. The van der Waals surface area contributed by atoms with Gasteiger partial charge in [0.2, 0.25) is 0 Å². The summed E-state index contributed by atoms with van der Waals surface area (Å²) in [4.78, 5) is 7.25. The van der Waals surface area contributed by atoms with E-state index in [2.05, 4.69) is 31.0 Å². The second-order valence-electron chi connectivity index (χ2n) is 6.41. The number of methoxy groups -OCH3 is 1. The van der Waals surface area contributed by atoms with E-state index >= 15 is 0 Å². The average molecular weight is 313 g/mol. The van der Waals surface area contributed by atoms with Gasteiger partial charge in [-0.1, -0.05) is 13.8 Å². The van der Waals surface area contributed by atoms with E-state index in [0.29, 0.717) is 5.92 Å². The molecule has 1 rings (SSSR count). The summed E-state index contributed by atoms with van der Waals surface area (Å²) in [5.41, 5.74) is 0.126. The number of hydrogen-bond acceptors (Lipinski definition) is 3. The van der Waals surface area contributed by atoms with Gasteiger partial charge in [-0.3, -0.25) is 4.99 Å². The van der Waals surface area contributed by atoms with Gasteiger partial charge < -0.3 is 20.1 Å². The lowest BCUT2D eigenvalue weighted by molar-refractivity contribution is 0.157. The number of hydrogen-bond donors (Lipinski definition) is 2. The van der Waals surface area contributed by atoms with Crippen LogP contribution in [0.4, 0.5) is 0 Å². The van der Waals surface area contributed by atoms with E-state index in [9.17, 15) is 5.11 Å². The van der Waals surface area contributed by atoms with Gasteiger partial charge in [-0.15, -0.1) is 0 Å². The molecule has 1 heterocycles. The first-order valence-corrected chi connectivity index (χ1v) is 8.77. The largest absolute Gasteiger partial charge is 0.396 e. The van der Waals surface area contributed by atoms with Crippen molar-refractivity contribution in [2.24, 2.45) is 16.3 Å². The van der Waals surface area contributed by atoms with Crippen molar-refractivity contribution < 1.29 is 9.84 Å².